The van der Waals surface area contributed by atoms with Gasteiger partial charge in [0, 0.05) is 43.8 Å². The van der Waals surface area contributed by atoms with E-state index in [1.807, 2.05) is 0 Å². The molecule has 0 amide bonds. The lowest BCUT2D eigenvalue weighted by atomic mass is 9.80. The van der Waals surface area contributed by atoms with E-state index in [1.54, 1.807) is 12.1 Å². The Balaban J connectivity index is 0.895. The SMILES string of the molecule is CCCCCCCCCC[Si](C)(C)c1cc(-c2cc(F)ccc2OC[C@@H]2CCCC[C@H]2COc2ccc(F)cc2-c2cc([Si](C)(C)CCCCCCCCCC)cc(-n3c4ccccc4c4ccccc43)c2O)c(O)c(-n2c3ccccc3c3ccccc32)c1. The average Bonchev–Trinajstić information content (AvgIpc) is 1.54. The number of phenols is 2. The first-order chi connectivity index (χ1) is 43.8. The summed E-state index contributed by atoms with van der Waals surface area (Å²) in [6.07, 6.45) is 24.0. The fraction of sp³-hybridized carbons (Fsp3) is 0.400. The van der Waals surface area contributed by atoms with Crippen LogP contribution in [0.4, 0.5) is 8.78 Å². The minimum Gasteiger partial charge on any atom is -0.505 e. The molecule has 10 aromatic rings. The first-order valence-electron chi connectivity index (χ1n) is 34.3. The number of aromatic nitrogens is 2. The first-order valence-corrected chi connectivity index (χ1v) is 40.7. The summed E-state index contributed by atoms with van der Waals surface area (Å²) in [4.78, 5) is 0. The smallest absolute Gasteiger partial charge is 0.147 e. The molecule has 6 nitrogen and oxygen atoms in total. The zero-order valence-electron chi connectivity index (χ0n) is 54.5. The Labute approximate surface area is 536 Å². The predicted molar refractivity (Wildman–Crippen MR) is 381 cm³/mol. The van der Waals surface area contributed by atoms with Crippen LogP contribution in [0.5, 0.6) is 23.0 Å². The fourth-order valence-corrected chi connectivity index (χ4v) is 19.6. The first kappa shape index (κ1) is 64.4. The Morgan fingerprint density at radius 3 is 1.07 bits per heavy atom. The number of para-hydroxylation sites is 4. The maximum Gasteiger partial charge on any atom is 0.147 e. The van der Waals surface area contributed by atoms with Crippen LogP contribution in [-0.2, 0) is 0 Å². The van der Waals surface area contributed by atoms with E-state index in [0.717, 1.165) is 94.2 Å². The Morgan fingerprint density at radius 2 is 0.722 bits per heavy atom. The monoisotopic (exact) mass is 1240 g/mol. The molecule has 0 saturated heterocycles. The van der Waals surface area contributed by atoms with Crippen LogP contribution in [0.25, 0.3) is 77.2 Å². The lowest BCUT2D eigenvalue weighted by molar-refractivity contribution is 0.105. The van der Waals surface area contributed by atoms with Gasteiger partial charge >= 0.3 is 0 Å². The van der Waals surface area contributed by atoms with Gasteiger partial charge in [0.2, 0.25) is 0 Å². The Hall–Kier alpha value is -7.15. The number of halogens is 2. The molecule has 0 bridgehead atoms. The van der Waals surface area contributed by atoms with Gasteiger partial charge < -0.3 is 28.8 Å². The largest absolute Gasteiger partial charge is 0.505 e. The van der Waals surface area contributed by atoms with Crippen LogP contribution < -0.4 is 19.8 Å². The van der Waals surface area contributed by atoms with Crippen LogP contribution in [0.1, 0.15) is 142 Å². The number of ether oxygens (including phenoxy) is 2. The van der Waals surface area contributed by atoms with Gasteiger partial charge in [-0.3, -0.25) is 0 Å². The molecule has 2 aromatic heterocycles. The van der Waals surface area contributed by atoms with Gasteiger partial charge in [0.25, 0.3) is 0 Å². The lowest BCUT2D eigenvalue weighted by Crippen LogP contribution is -2.41. The maximum absolute atomic E-state index is 16.0. The molecule has 8 aromatic carbocycles. The van der Waals surface area contributed by atoms with Crippen molar-refractivity contribution in [3.63, 3.8) is 0 Å². The molecule has 1 fully saturated rings. The van der Waals surface area contributed by atoms with Gasteiger partial charge in [0.05, 0.1) is 62.8 Å². The van der Waals surface area contributed by atoms with Crippen LogP contribution in [0, 0.1) is 23.5 Å². The second-order valence-electron chi connectivity index (χ2n) is 27.4. The van der Waals surface area contributed by atoms with E-state index in [1.165, 1.54) is 125 Å². The summed E-state index contributed by atoms with van der Waals surface area (Å²) < 4.78 is 50.3. The molecule has 1 aliphatic carbocycles. The third-order valence-corrected chi connectivity index (χ3v) is 27.0. The molecule has 2 atom stereocenters. The molecule has 11 rings (SSSR count). The molecule has 2 heterocycles. The highest BCUT2D eigenvalue weighted by molar-refractivity contribution is 6.90. The summed E-state index contributed by atoms with van der Waals surface area (Å²) in [6.45, 7) is 15.0. The minimum absolute atomic E-state index is 0.0878. The van der Waals surface area contributed by atoms with Gasteiger partial charge in [0.1, 0.15) is 34.6 Å². The van der Waals surface area contributed by atoms with E-state index in [4.69, 9.17) is 9.47 Å². The van der Waals surface area contributed by atoms with Crippen LogP contribution in [-0.4, -0.2) is 48.7 Å². The normalized spacial score (nSPS) is 14.8. The Kier molecular flexibility index (Phi) is 21.1. The minimum atomic E-state index is -2.15. The van der Waals surface area contributed by atoms with Crippen molar-refractivity contribution in [1.82, 2.24) is 9.13 Å². The molecule has 0 spiro atoms. The van der Waals surface area contributed by atoms with Crippen molar-refractivity contribution in [2.75, 3.05) is 13.2 Å². The summed E-state index contributed by atoms with van der Waals surface area (Å²) in [5.74, 6) is 0.602. The molecule has 1 saturated carbocycles. The highest BCUT2D eigenvalue weighted by Crippen LogP contribution is 2.46. The number of hydrogen-bond donors (Lipinski definition) is 2. The van der Waals surface area contributed by atoms with Gasteiger partial charge in [-0.1, -0.05) is 263 Å². The number of rotatable bonds is 30. The molecule has 2 N–H and O–H groups in total. The van der Waals surface area contributed by atoms with Crippen molar-refractivity contribution in [1.29, 1.82) is 0 Å². The molecule has 10 heteroatoms. The number of hydrogen-bond acceptors (Lipinski definition) is 4. The second kappa shape index (κ2) is 29.4. The quantitative estimate of drug-likeness (QED) is 0.0348. The number of phenolic OH excluding ortho intramolecular Hbond substituents is 2. The van der Waals surface area contributed by atoms with E-state index in [-0.39, 0.29) is 23.3 Å². The number of nitrogens with zero attached hydrogens (tertiary/aromatic N) is 2. The van der Waals surface area contributed by atoms with Crippen molar-refractivity contribution in [3.8, 4) is 56.6 Å². The summed E-state index contributed by atoms with van der Waals surface area (Å²) in [5.41, 5.74) is 7.55. The zero-order valence-corrected chi connectivity index (χ0v) is 56.5. The number of fused-ring (bicyclic) bond motifs is 6. The van der Waals surface area contributed by atoms with E-state index >= 15 is 8.78 Å². The molecule has 0 unspecified atom stereocenters. The van der Waals surface area contributed by atoms with E-state index in [9.17, 15) is 10.2 Å². The van der Waals surface area contributed by atoms with Crippen molar-refractivity contribution in [3.05, 3.63) is 169 Å². The number of unbranched alkanes of at least 4 members (excludes halogenated alkanes) is 14. The average molecular weight is 1240 g/mol. The van der Waals surface area contributed by atoms with E-state index in [0.29, 0.717) is 58.3 Å². The third-order valence-electron chi connectivity index (χ3n) is 20.1. The van der Waals surface area contributed by atoms with Crippen molar-refractivity contribution in [2.45, 2.75) is 181 Å². The molecule has 1 aliphatic rings. The number of benzene rings is 8. The third kappa shape index (κ3) is 14.3. The van der Waals surface area contributed by atoms with Gasteiger partial charge in [-0.25, -0.2) is 8.78 Å². The maximum atomic E-state index is 16.0. The summed E-state index contributed by atoms with van der Waals surface area (Å²) in [6, 6.07) is 53.9. The summed E-state index contributed by atoms with van der Waals surface area (Å²) in [5, 5.41) is 32.6. The second-order valence-corrected chi connectivity index (χ2v) is 37.1. The Bertz CT molecular complexity index is 3700. The number of aromatic hydroxyl groups is 2. The highest BCUT2D eigenvalue weighted by atomic mass is 28.3. The Morgan fingerprint density at radius 1 is 0.400 bits per heavy atom. The van der Waals surface area contributed by atoms with Gasteiger partial charge in [0.15, 0.2) is 0 Å². The zero-order chi connectivity index (χ0) is 62.8. The van der Waals surface area contributed by atoms with Crippen molar-refractivity contribution in [2.24, 2.45) is 11.8 Å². The lowest BCUT2D eigenvalue weighted by Gasteiger charge is -2.32. The highest BCUT2D eigenvalue weighted by Gasteiger charge is 2.32. The molecule has 0 radical (unpaired) electrons. The summed E-state index contributed by atoms with van der Waals surface area (Å²) in [7, 11) is -4.30. The van der Waals surface area contributed by atoms with Gasteiger partial charge in [-0.05, 0) is 97.5 Å². The standard InChI is InChI=1S/C80H96F2N2O4Si2/c1-7-9-11-13-15-17-19-31-47-89(3,4)61-51-69(79(85)75(53-61)83-71-39-27-23-35-63(71)64-36-24-28-40-72(64)83)67-49-59(81)43-45-77(67)87-55-57-33-21-22-34-58(57)56-88-78-46-44-60(82)50-68(78)70-52-62(90(5,6)48-32-20-18-16-14-12-10-8-2)54-76(80(70)86)84-73-41-29-25-37-65(73)66-38-26-30-42-74(66)84/h23-30,35-46,49-54,57-58,85-86H,7-22,31-34,47-48,55-56H2,1-6H3/t57-,58-/m0/s1. The topological polar surface area (TPSA) is 68.8 Å². The molecule has 0 aliphatic heterocycles. The van der Waals surface area contributed by atoms with Gasteiger partial charge in [-0.2, -0.15) is 0 Å². The van der Waals surface area contributed by atoms with Crippen LogP contribution >= 0.6 is 0 Å². The van der Waals surface area contributed by atoms with Crippen LogP contribution in [0.3, 0.4) is 0 Å². The van der Waals surface area contributed by atoms with Crippen molar-refractivity contribution < 1.29 is 28.5 Å². The van der Waals surface area contributed by atoms with E-state index in [2.05, 4.69) is 170 Å². The molecule has 90 heavy (non-hydrogen) atoms. The van der Waals surface area contributed by atoms with E-state index < -0.39 is 27.8 Å². The predicted octanol–water partition coefficient (Wildman–Crippen LogP) is 22.3. The van der Waals surface area contributed by atoms with Crippen molar-refractivity contribution >= 4 is 70.1 Å². The molecular weight excluding hydrogens is 1150 g/mol. The fourth-order valence-electron chi connectivity index (χ4n) is 14.6. The molecule has 472 valence electrons. The summed E-state index contributed by atoms with van der Waals surface area (Å²) >= 11 is 0. The van der Waals surface area contributed by atoms with Gasteiger partial charge in [-0.15, -0.1) is 0 Å². The van der Waals surface area contributed by atoms with Crippen LogP contribution in [0.15, 0.2) is 158 Å². The molecular formula is C80H96F2N2O4Si2. The van der Waals surface area contributed by atoms with Crippen LogP contribution in [0.2, 0.25) is 38.3 Å².